The molecule has 0 radical (unpaired) electrons. The summed E-state index contributed by atoms with van der Waals surface area (Å²) in [6.07, 6.45) is 0. The molecule has 0 aromatic carbocycles. The summed E-state index contributed by atoms with van der Waals surface area (Å²) in [5, 5.41) is 0. The largest absolute Gasteiger partial charge is 0.469 e. The van der Waals surface area contributed by atoms with Crippen LogP contribution in [0, 0.1) is 0 Å². The monoisotopic (exact) mass is 196 g/mol. The lowest BCUT2D eigenvalue weighted by atomic mass is 10.8. The van der Waals surface area contributed by atoms with Gasteiger partial charge in [-0.3, -0.25) is 9.59 Å². The third kappa shape index (κ3) is 101. The molecule has 0 aliphatic heterocycles. The van der Waals surface area contributed by atoms with Crippen LogP contribution in [0.2, 0.25) is 0 Å². The number of esters is 2. The Kier molecular flexibility index (Phi) is 51.2. The predicted octanol–water partition coefficient (Wildman–Crippen LogP) is 2.27. The lowest BCUT2D eigenvalue weighted by Gasteiger charge is -1.80. The van der Waals surface area contributed by atoms with Crippen molar-refractivity contribution in [2.45, 2.75) is 36.1 Å². The highest BCUT2D eigenvalue weighted by molar-refractivity contribution is 5.65. The Balaban J connectivity index is -0.0000000267. The molecule has 0 heterocycles. The molecule has 0 aliphatic carbocycles. The highest BCUT2D eigenvalue weighted by atomic mass is 16.5. The van der Waals surface area contributed by atoms with Crippen molar-refractivity contribution < 1.29 is 19.1 Å². The fourth-order valence-corrected chi connectivity index (χ4v) is 0. The van der Waals surface area contributed by atoms with Crippen molar-refractivity contribution in [2.75, 3.05) is 14.2 Å². The van der Waals surface area contributed by atoms with E-state index in [0.717, 1.165) is 0 Å². The van der Waals surface area contributed by atoms with E-state index in [9.17, 15) is 9.59 Å². The molecule has 0 unspecified atom stereocenters. The number of hydrogen-bond acceptors (Lipinski definition) is 4. The van der Waals surface area contributed by atoms with Crippen molar-refractivity contribution in [1.29, 1.82) is 0 Å². The van der Waals surface area contributed by atoms with Gasteiger partial charge in [-0.1, -0.05) is 22.3 Å². The summed E-state index contributed by atoms with van der Waals surface area (Å²) < 4.78 is 8.22. The van der Waals surface area contributed by atoms with Crippen LogP contribution in [0.3, 0.4) is 0 Å². The number of ether oxygens (including phenoxy) is 2. The average molecular weight is 196 g/mol. The van der Waals surface area contributed by atoms with Gasteiger partial charge in [-0.15, -0.1) is 0 Å². The topological polar surface area (TPSA) is 52.6 Å². The molecule has 0 saturated carbocycles. The number of carbonyl (C=O) groups is 2. The van der Waals surface area contributed by atoms with Crippen molar-refractivity contribution in [3.8, 4) is 0 Å². The molecule has 0 aromatic rings. The van der Waals surface area contributed by atoms with Gasteiger partial charge in [0.15, 0.2) is 0 Å². The van der Waals surface area contributed by atoms with Crippen molar-refractivity contribution >= 4 is 11.9 Å². The lowest BCUT2D eigenvalue weighted by Crippen LogP contribution is -1.88. The van der Waals surface area contributed by atoms with E-state index in [4.69, 9.17) is 0 Å². The third-order valence-electron chi connectivity index (χ3n) is 0.575. The number of hydrogen-bond donors (Lipinski definition) is 0. The van der Waals surface area contributed by atoms with Crippen LogP contribution < -0.4 is 0 Å². The van der Waals surface area contributed by atoms with E-state index in [1.54, 1.807) is 0 Å². The van der Waals surface area contributed by atoms with Gasteiger partial charge >= 0.3 is 11.9 Å². The normalized spacial score (nSPS) is 5.23. The summed E-state index contributed by atoms with van der Waals surface area (Å²) in [6, 6.07) is 0. The summed E-state index contributed by atoms with van der Waals surface area (Å²) in [5.41, 5.74) is 0. The summed E-state index contributed by atoms with van der Waals surface area (Å²) in [7, 11) is 2.70. The minimum atomic E-state index is -0.245. The van der Waals surface area contributed by atoms with Gasteiger partial charge in [0, 0.05) is 13.8 Å². The van der Waals surface area contributed by atoms with Gasteiger partial charge in [0.2, 0.25) is 0 Å². The van der Waals surface area contributed by atoms with E-state index < -0.39 is 0 Å². The van der Waals surface area contributed by atoms with E-state index in [-0.39, 0.29) is 34.2 Å². The molecular weight excluding hydrogens is 172 g/mol. The second-order valence-electron chi connectivity index (χ2n) is 1.39. The second-order valence-corrected chi connectivity index (χ2v) is 1.39. The third-order valence-corrected chi connectivity index (χ3v) is 0.575. The highest BCUT2D eigenvalue weighted by Gasteiger charge is 1.76. The summed E-state index contributed by atoms with van der Waals surface area (Å²) >= 11 is 0. The van der Waals surface area contributed by atoms with Crippen molar-refractivity contribution in [1.82, 2.24) is 0 Å². The zero-order valence-corrected chi connectivity index (χ0v) is 6.63. The fraction of sp³-hybridized carbons (Fsp3) is 0.778. The Morgan fingerprint density at radius 3 is 0.846 bits per heavy atom. The zero-order valence-electron chi connectivity index (χ0n) is 6.63. The molecule has 0 atom stereocenters. The zero-order chi connectivity index (χ0) is 8.57. The van der Waals surface area contributed by atoms with Gasteiger partial charge in [0.1, 0.15) is 0 Å². The first-order chi connectivity index (χ1) is 4.54. The van der Waals surface area contributed by atoms with Crippen LogP contribution in [0.5, 0.6) is 0 Å². The Morgan fingerprint density at radius 2 is 0.846 bits per heavy atom. The maximum absolute atomic E-state index is 9.59. The van der Waals surface area contributed by atoms with Crippen LogP contribution in [0.1, 0.15) is 36.1 Å². The van der Waals surface area contributed by atoms with E-state index in [0.29, 0.717) is 0 Å². The van der Waals surface area contributed by atoms with Gasteiger partial charge in [-0.25, -0.2) is 0 Å². The molecule has 0 spiro atoms. The standard InChI is InChI=1S/2C3H6O2.3CH4/c2*1-3(4)5-2;;;/h2*1-2H3;3*1H4. The SMILES string of the molecule is C.C.C.COC(C)=O.COC(C)=O. The molecule has 0 bridgehead atoms. The first-order valence-corrected chi connectivity index (χ1v) is 2.63. The molecule has 0 aromatic heterocycles. The van der Waals surface area contributed by atoms with E-state index in [1.165, 1.54) is 28.1 Å². The summed E-state index contributed by atoms with van der Waals surface area (Å²) in [6.45, 7) is 2.72. The van der Waals surface area contributed by atoms with E-state index in [2.05, 4.69) is 9.47 Å². The maximum atomic E-state index is 9.59. The van der Waals surface area contributed by atoms with Gasteiger partial charge in [0.25, 0.3) is 0 Å². The van der Waals surface area contributed by atoms with Gasteiger partial charge in [0.05, 0.1) is 14.2 Å². The molecule has 4 nitrogen and oxygen atoms in total. The molecule has 0 aliphatic rings. The van der Waals surface area contributed by atoms with Crippen LogP contribution in [0.15, 0.2) is 0 Å². The maximum Gasteiger partial charge on any atom is 0.302 e. The minimum Gasteiger partial charge on any atom is -0.469 e. The minimum absolute atomic E-state index is 0. The Bertz CT molecular complexity index is 96.2. The summed E-state index contributed by atoms with van der Waals surface area (Å²) in [5.74, 6) is -0.491. The van der Waals surface area contributed by atoms with Gasteiger partial charge in [-0.2, -0.15) is 0 Å². The highest BCUT2D eigenvalue weighted by Crippen LogP contribution is 1.60. The molecule has 0 rings (SSSR count). The van der Waals surface area contributed by atoms with Crippen LogP contribution >= 0.6 is 0 Å². The molecule has 4 heteroatoms. The Hall–Kier alpha value is -1.06. The molecule has 0 saturated heterocycles. The van der Waals surface area contributed by atoms with Crippen molar-refractivity contribution in [3.63, 3.8) is 0 Å². The van der Waals surface area contributed by atoms with Crippen LogP contribution in [0.25, 0.3) is 0 Å². The van der Waals surface area contributed by atoms with Crippen molar-refractivity contribution in [2.24, 2.45) is 0 Å². The molecule has 84 valence electrons. The average Bonchev–Trinajstić information content (AvgIpc) is 1.89. The summed E-state index contributed by atoms with van der Waals surface area (Å²) in [4.78, 5) is 19.2. The Morgan fingerprint density at radius 1 is 0.769 bits per heavy atom. The first-order valence-electron chi connectivity index (χ1n) is 2.63. The number of carbonyl (C=O) groups excluding carboxylic acids is 2. The predicted molar refractivity (Wildman–Crippen MR) is 55.6 cm³/mol. The fourth-order valence-electron chi connectivity index (χ4n) is 0. The van der Waals surface area contributed by atoms with Crippen LogP contribution in [0.4, 0.5) is 0 Å². The smallest absolute Gasteiger partial charge is 0.302 e. The lowest BCUT2D eigenvalue weighted by molar-refractivity contribution is -0.138. The van der Waals surface area contributed by atoms with E-state index >= 15 is 0 Å². The van der Waals surface area contributed by atoms with Crippen molar-refractivity contribution in [3.05, 3.63) is 0 Å². The number of methoxy groups -OCH3 is 2. The first kappa shape index (κ1) is 29.7. The van der Waals surface area contributed by atoms with Gasteiger partial charge in [-0.05, 0) is 0 Å². The quantitative estimate of drug-likeness (QED) is 0.558. The Labute approximate surface area is 82.2 Å². The van der Waals surface area contributed by atoms with E-state index in [1.807, 2.05) is 0 Å². The molecule has 0 N–H and O–H groups in total. The van der Waals surface area contributed by atoms with Crippen LogP contribution in [-0.2, 0) is 19.1 Å². The molecule has 0 fully saturated rings. The molecular formula is C9H24O4. The molecule has 0 amide bonds. The second kappa shape index (κ2) is 22.4. The molecule has 13 heavy (non-hydrogen) atoms. The van der Waals surface area contributed by atoms with Gasteiger partial charge < -0.3 is 9.47 Å². The number of rotatable bonds is 0. The van der Waals surface area contributed by atoms with Crippen LogP contribution in [-0.4, -0.2) is 26.2 Å².